The van der Waals surface area contributed by atoms with Crippen LogP contribution in [0.2, 0.25) is 0 Å². The molecule has 0 aliphatic rings. The third-order valence-corrected chi connectivity index (χ3v) is 15.1. The van der Waals surface area contributed by atoms with Gasteiger partial charge < -0.3 is 17.7 Å². The monoisotopic (exact) mass is 964 g/mol. The van der Waals surface area contributed by atoms with Crippen molar-refractivity contribution in [2.45, 2.75) is 129 Å². The number of fused-ring (bicyclic) bond motifs is 10. The van der Waals surface area contributed by atoms with E-state index in [0.717, 1.165) is 66.8 Å². The van der Waals surface area contributed by atoms with Crippen LogP contribution in [0.4, 0.5) is 0 Å². The summed E-state index contributed by atoms with van der Waals surface area (Å²) in [6.45, 7) is 4.57. The quantitative estimate of drug-likeness (QED) is 0.0804. The minimum absolute atomic E-state index is 0.764. The number of hydrogen-bond donors (Lipinski definition) is 0. The lowest BCUT2D eigenvalue weighted by Gasteiger charge is -2.00. The summed E-state index contributed by atoms with van der Waals surface area (Å²) in [5.41, 5.74) is 3.87. The fourth-order valence-corrected chi connectivity index (χ4v) is 11.9. The van der Waals surface area contributed by atoms with Gasteiger partial charge in [-0.3, -0.25) is 0 Å². The van der Waals surface area contributed by atoms with Gasteiger partial charge in [0.15, 0.2) is 9.34 Å². The number of rotatable bonds is 18. The molecule has 0 atom stereocenters. The summed E-state index contributed by atoms with van der Waals surface area (Å²) in [5, 5.41) is 9.90. The van der Waals surface area contributed by atoms with E-state index in [0.29, 0.717) is 0 Å². The zero-order valence-corrected chi connectivity index (χ0v) is 39.7. The Hall–Kier alpha value is -3.56. The summed E-state index contributed by atoms with van der Waals surface area (Å²) in [5.74, 6) is 2.28. The predicted octanol–water partition coefficient (Wildman–Crippen LogP) is 20.0. The first-order valence-electron chi connectivity index (χ1n) is 22.4. The van der Waals surface area contributed by atoms with Gasteiger partial charge in [-0.15, -0.1) is 22.7 Å². The molecule has 60 heavy (non-hydrogen) atoms. The van der Waals surface area contributed by atoms with Crippen LogP contribution in [0.1, 0.15) is 128 Å². The Morgan fingerprint density at radius 3 is 1.00 bits per heavy atom. The van der Waals surface area contributed by atoms with Crippen molar-refractivity contribution in [2.75, 3.05) is 0 Å². The molecule has 4 aromatic carbocycles. The third kappa shape index (κ3) is 9.42. The first-order chi connectivity index (χ1) is 29.4. The lowest BCUT2D eigenvalue weighted by atomic mass is 10.1. The maximum absolute atomic E-state index is 6.28. The lowest BCUT2D eigenvalue weighted by molar-refractivity contribution is 0.518. The van der Waals surface area contributed by atoms with Crippen LogP contribution in [-0.2, 0) is 12.8 Å². The van der Waals surface area contributed by atoms with Crippen molar-refractivity contribution >= 4 is 139 Å². The summed E-state index contributed by atoms with van der Waals surface area (Å²) in [4.78, 5) is 0. The topological polar surface area (TPSA) is 52.6 Å². The first-order valence-corrected chi connectivity index (χ1v) is 25.6. The Labute approximate surface area is 376 Å². The highest BCUT2D eigenvalue weighted by atomic mass is 79.9. The van der Waals surface area contributed by atoms with Crippen molar-refractivity contribution in [1.29, 1.82) is 0 Å². The lowest BCUT2D eigenvalue weighted by Crippen LogP contribution is -1.84. The minimum Gasteiger partial charge on any atom is -0.461 e. The molecule has 4 nitrogen and oxygen atoms in total. The van der Waals surface area contributed by atoms with Crippen molar-refractivity contribution < 1.29 is 17.7 Å². The number of thiophene rings is 2. The van der Waals surface area contributed by atoms with Crippen molar-refractivity contribution in [3.8, 4) is 0 Å². The fraction of sp³-hybridized carbons (Fsp3) is 0.385. The van der Waals surface area contributed by atoms with E-state index in [4.69, 9.17) is 17.7 Å². The molecule has 0 aliphatic heterocycles. The summed E-state index contributed by atoms with van der Waals surface area (Å²) >= 11 is 10.4. The molecule has 0 amide bonds. The molecule has 0 radical (unpaired) electrons. The van der Waals surface area contributed by atoms with E-state index in [2.05, 4.69) is 106 Å². The van der Waals surface area contributed by atoms with Gasteiger partial charge in [0, 0.05) is 74.7 Å². The van der Waals surface area contributed by atoms with Gasteiger partial charge >= 0.3 is 0 Å². The molecule has 6 aromatic heterocycles. The molecule has 0 saturated carbocycles. The molecule has 10 rings (SSSR count). The van der Waals surface area contributed by atoms with Gasteiger partial charge in [0.2, 0.25) is 0 Å². The highest BCUT2D eigenvalue weighted by Gasteiger charge is 2.15. The van der Waals surface area contributed by atoms with E-state index < -0.39 is 0 Å². The Kier molecular flexibility index (Phi) is 13.4. The molecule has 0 saturated heterocycles. The van der Waals surface area contributed by atoms with Crippen LogP contribution in [-0.4, -0.2) is 0 Å². The minimum atomic E-state index is 0.764. The van der Waals surface area contributed by atoms with Gasteiger partial charge in [-0.2, -0.15) is 0 Å². The van der Waals surface area contributed by atoms with Crippen LogP contribution in [0.25, 0.3) is 84.2 Å². The van der Waals surface area contributed by atoms with Gasteiger partial charge in [0.1, 0.15) is 33.9 Å². The van der Waals surface area contributed by atoms with Crippen molar-refractivity contribution in [2.24, 2.45) is 0 Å². The fourth-order valence-electron chi connectivity index (χ4n) is 8.85. The molecule has 0 unspecified atom stereocenters. The maximum atomic E-state index is 6.28. The maximum Gasteiger partial charge on any atom is 0.170 e. The van der Waals surface area contributed by atoms with Gasteiger partial charge in [-0.25, -0.2) is 0 Å². The predicted molar refractivity (Wildman–Crippen MR) is 266 cm³/mol. The third-order valence-electron chi connectivity index (χ3n) is 12.1. The van der Waals surface area contributed by atoms with E-state index in [-0.39, 0.29) is 0 Å². The van der Waals surface area contributed by atoms with Crippen LogP contribution >= 0.6 is 54.5 Å². The number of unbranched alkanes of at least 4 members (excludes halogenated alkanes) is 14. The second-order valence-corrected chi connectivity index (χ2v) is 20.5. The molecule has 6 heterocycles. The van der Waals surface area contributed by atoms with Crippen LogP contribution in [0.3, 0.4) is 0 Å². The highest BCUT2D eigenvalue weighted by molar-refractivity contribution is 9.10. The zero-order chi connectivity index (χ0) is 41.0. The van der Waals surface area contributed by atoms with Gasteiger partial charge in [-0.05, 0) is 117 Å². The standard InChI is InChI=1S/C36H48O2S.C16H6Br2O2S/c1-3-5-7-9-11-13-15-17-19-29-21-27-23-31-32-24-28-22-30(20-18-16-14-12-10-8-6-4-2)38-34(28)26-36(32)39-35(31)25-33(27)37-29;17-15-3-7-1-9-10-2-8-4-16(18)20-12(8)6-14(10)21-13(9)5-11(7)19-15/h21-26H,3-20H2,1-2H3;1-6H. The van der Waals surface area contributed by atoms with Crippen molar-refractivity contribution in [3.63, 3.8) is 0 Å². The second kappa shape index (κ2) is 19.2. The molecule has 0 aliphatic carbocycles. The first kappa shape index (κ1) is 41.8. The average Bonchev–Trinajstić information content (AvgIpc) is 4.09. The molecular formula is C52H54Br2O4S2. The molecule has 0 fully saturated rings. The van der Waals surface area contributed by atoms with E-state index in [1.165, 1.54) is 154 Å². The largest absolute Gasteiger partial charge is 0.461 e. The van der Waals surface area contributed by atoms with E-state index in [1.54, 1.807) is 11.3 Å². The molecule has 0 N–H and O–H groups in total. The molecule has 8 heteroatoms. The van der Waals surface area contributed by atoms with Crippen LogP contribution in [0, 0.1) is 0 Å². The SMILES string of the molecule is Brc1cc2cc3c(cc2o1)sc1cc2oc(Br)cc2cc13.CCCCCCCCCCc1cc2cc3c(cc2o1)sc1cc2oc(CCCCCCCCCC)cc2cc13. The number of aryl methyl sites for hydroxylation is 2. The summed E-state index contributed by atoms with van der Waals surface area (Å²) in [6, 6.07) is 26.4. The summed E-state index contributed by atoms with van der Waals surface area (Å²) in [7, 11) is 0. The Balaban J connectivity index is 0.000000183. The Bertz CT molecular complexity index is 2820. The zero-order valence-electron chi connectivity index (χ0n) is 34.9. The smallest absolute Gasteiger partial charge is 0.170 e. The van der Waals surface area contributed by atoms with Crippen LogP contribution in [0.15, 0.2) is 99.8 Å². The highest BCUT2D eigenvalue weighted by Crippen LogP contribution is 2.42. The summed E-state index contributed by atoms with van der Waals surface area (Å²) in [6.07, 6.45) is 23.7. The molecular weight excluding hydrogens is 913 g/mol. The van der Waals surface area contributed by atoms with E-state index >= 15 is 0 Å². The second-order valence-electron chi connectivity index (χ2n) is 16.7. The molecule has 10 aromatic rings. The van der Waals surface area contributed by atoms with E-state index in [1.807, 2.05) is 23.5 Å². The van der Waals surface area contributed by atoms with Gasteiger partial charge in [0.25, 0.3) is 0 Å². The Morgan fingerprint density at radius 2 is 0.650 bits per heavy atom. The van der Waals surface area contributed by atoms with Crippen molar-refractivity contribution in [1.82, 2.24) is 0 Å². The molecule has 0 spiro atoms. The molecule has 312 valence electrons. The number of furan rings is 4. The normalized spacial score (nSPS) is 12.2. The summed E-state index contributed by atoms with van der Waals surface area (Å²) < 4.78 is 30.4. The van der Waals surface area contributed by atoms with E-state index in [9.17, 15) is 0 Å². The van der Waals surface area contributed by atoms with Gasteiger partial charge in [-0.1, -0.05) is 104 Å². The molecule has 0 bridgehead atoms. The van der Waals surface area contributed by atoms with Crippen LogP contribution in [0.5, 0.6) is 0 Å². The van der Waals surface area contributed by atoms with Gasteiger partial charge in [0.05, 0.1) is 0 Å². The van der Waals surface area contributed by atoms with Crippen molar-refractivity contribution in [3.05, 3.63) is 93.7 Å². The number of halogens is 2. The Morgan fingerprint density at radius 1 is 0.350 bits per heavy atom. The van der Waals surface area contributed by atoms with Crippen LogP contribution < -0.4 is 0 Å². The number of benzene rings is 4. The average molecular weight is 967 g/mol. The number of hydrogen-bond acceptors (Lipinski definition) is 6.